The first-order valence-corrected chi connectivity index (χ1v) is 8.16. The van der Waals surface area contributed by atoms with Crippen molar-refractivity contribution in [3.05, 3.63) is 54.0 Å². The van der Waals surface area contributed by atoms with E-state index in [1.54, 1.807) is 38.2 Å². The third-order valence-corrected chi connectivity index (χ3v) is 4.03. The number of carbonyl (C=O) groups is 1. The molecule has 3 aromatic rings. The van der Waals surface area contributed by atoms with Gasteiger partial charge in [0.25, 0.3) is 5.91 Å². The quantitative estimate of drug-likeness (QED) is 0.645. The minimum atomic E-state index is -2.90. The van der Waals surface area contributed by atoms with E-state index in [0.717, 1.165) is 0 Å². The van der Waals surface area contributed by atoms with Crippen LogP contribution in [0, 0.1) is 6.92 Å². The molecule has 1 amide bonds. The first-order chi connectivity index (χ1) is 13.4. The van der Waals surface area contributed by atoms with Crippen molar-refractivity contribution in [2.45, 2.75) is 13.5 Å². The van der Waals surface area contributed by atoms with Crippen LogP contribution in [0.4, 0.5) is 14.5 Å². The Morgan fingerprint density at radius 3 is 2.46 bits per heavy atom. The van der Waals surface area contributed by atoms with E-state index in [0.29, 0.717) is 22.9 Å². The summed E-state index contributed by atoms with van der Waals surface area (Å²) in [6, 6.07) is 9.21. The molecule has 3 rings (SSSR count). The molecule has 8 nitrogen and oxygen atoms in total. The maximum Gasteiger partial charge on any atom is 0.387 e. The number of pyridine rings is 1. The van der Waals surface area contributed by atoms with Gasteiger partial charge in [-0.05, 0) is 37.3 Å². The van der Waals surface area contributed by atoms with E-state index < -0.39 is 6.61 Å². The number of aromatic nitrogens is 4. The predicted octanol–water partition coefficient (Wildman–Crippen LogP) is 2.86. The van der Waals surface area contributed by atoms with Crippen molar-refractivity contribution in [2.75, 3.05) is 19.1 Å². The molecule has 0 aliphatic heterocycles. The number of hydrogen-bond acceptors (Lipinski definition) is 6. The number of amides is 1. The third kappa shape index (κ3) is 3.90. The molecule has 0 aliphatic carbocycles. The number of alkyl halides is 2. The lowest BCUT2D eigenvalue weighted by Crippen LogP contribution is -2.27. The second-order valence-electron chi connectivity index (χ2n) is 5.73. The fraction of sp³-hybridized carbons (Fsp3) is 0.222. The van der Waals surface area contributed by atoms with Crippen molar-refractivity contribution in [1.82, 2.24) is 20.0 Å². The van der Waals surface area contributed by atoms with Crippen molar-refractivity contribution in [2.24, 2.45) is 0 Å². The van der Waals surface area contributed by atoms with Gasteiger partial charge in [-0.25, -0.2) is 9.67 Å². The number of halogens is 2. The summed E-state index contributed by atoms with van der Waals surface area (Å²) >= 11 is 0. The van der Waals surface area contributed by atoms with Gasteiger partial charge in [0, 0.05) is 13.1 Å². The molecule has 0 bridgehead atoms. The van der Waals surface area contributed by atoms with Gasteiger partial charge in [-0.3, -0.25) is 4.79 Å². The number of benzene rings is 1. The fourth-order valence-corrected chi connectivity index (χ4v) is 2.51. The third-order valence-electron chi connectivity index (χ3n) is 4.03. The zero-order chi connectivity index (χ0) is 20.3. The topological polar surface area (TPSA) is 82.4 Å². The summed E-state index contributed by atoms with van der Waals surface area (Å²) in [5.41, 5.74) is 1.78. The smallest absolute Gasteiger partial charge is 0.387 e. The Morgan fingerprint density at radius 1 is 1.18 bits per heavy atom. The van der Waals surface area contributed by atoms with Crippen LogP contribution in [0.1, 0.15) is 16.2 Å². The normalized spacial score (nSPS) is 10.8. The summed E-state index contributed by atoms with van der Waals surface area (Å²) in [5, 5.41) is 7.96. The van der Waals surface area contributed by atoms with Crippen LogP contribution in [0.25, 0.3) is 5.69 Å². The summed E-state index contributed by atoms with van der Waals surface area (Å²) in [4.78, 5) is 18.3. The van der Waals surface area contributed by atoms with E-state index in [-0.39, 0.29) is 17.4 Å². The summed E-state index contributed by atoms with van der Waals surface area (Å²) in [6.45, 7) is -1.21. The molecular weight excluding hydrogens is 372 g/mol. The molecule has 0 spiro atoms. The van der Waals surface area contributed by atoms with Gasteiger partial charge in [-0.2, -0.15) is 8.78 Å². The number of nitrogens with zero attached hydrogens (tertiary/aromatic N) is 5. The molecule has 28 heavy (non-hydrogen) atoms. The number of ether oxygens (including phenoxy) is 2. The van der Waals surface area contributed by atoms with Crippen LogP contribution in [0.15, 0.2) is 42.6 Å². The van der Waals surface area contributed by atoms with Crippen LogP contribution in [-0.2, 0) is 0 Å². The molecule has 2 aromatic heterocycles. The minimum Gasteiger partial charge on any atom is -0.481 e. The highest BCUT2D eigenvalue weighted by molar-refractivity contribution is 6.05. The zero-order valence-electron chi connectivity index (χ0n) is 15.3. The highest BCUT2D eigenvalue weighted by Gasteiger charge is 2.22. The van der Waals surface area contributed by atoms with Gasteiger partial charge in [-0.1, -0.05) is 5.21 Å². The minimum absolute atomic E-state index is 0.0274. The largest absolute Gasteiger partial charge is 0.481 e. The van der Waals surface area contributed by atoms with Gasteiger partial charge < -0.3 is 14.4 Å². The molecule has 0 saturated heterocycles. The summed E-state index contributed by atoms with van der Waals surface area (Å²) in [7, 11) is 3.10. The maximum absolute atomic E-state index is 12.8. The van der Waals surface area contributed by atoms with Crippen molar-refractivity contribution in [3.8, 4) is 17.3 Å². The Bertz CT molecular complexity index is 958. The molecule has 2 heterocycles. The van der Waals surface area contributed by atoms with Crippen LogP contribution in [0.2, 0.25) is 0 Å². The van der Waals surface area contributed by atoms with Crippen LogP contribution in [0.3, 0.4) is 0 Å². The number of anilines is 1. The molecule has 0 aliphatic rings. The predicted molar refractivity (Wildman–Crippen MR) is 96.3 cm³/mol. The van der Waals surface area contributed by atoms with Gasteiger partial charge in [0.15, 0.2) is 5.69 Å². The summed E-state index contributed by atoms with van der Waals surface area (Å²) in [6.07, 6.45) is 1.51. The monoisotopic (exact) mass is 389 g/mol. The highest BCUT2D eigenvalue weighted by atomic mass is 19.3. The Balaban J connectivity index is 1.82. The molecule has 0 unspecified atom stereocenters. The zero-order valence-corrected chi connectivity index (χ0v) is 15.3. The van der Waals surface area contributed by atoms with E-state index in [2.05, 4.69) is 20.0 Å². The van der Waals surface area contributed by atoms with E-state index in [4.69, 9.17) is 4.74 Å². The Hall–Kier alpha value is -3.56. The molecule has 0 radical (unpaired) electrons. The number of rotatable bonds is 6. The number of methoxy groups -OCH3 is 1. The number of hydrogen-bond donors (Lipinski definition) is 0. The first-order valence-electron chi connectivity index (χ1n) is 8.16. The van der Waals surface area contributed by atoms with E-state index in [9.17, 15) is 13.6 Å². The molecule has 0 atom stereocenters. The SMILES string of the molecule is COc1ccc(N(C)C(=O)c2nnn(-c3ccc(OC(F)F)cc3)c2C)cn1. The molecular formula is C18H17F2N5O3. The lowest BCUT2D eigenvalue weighted by Gasteiger charge is -2.16. The van der Waals surface area contributed by atoms with Crippen molar-refractivity contribution in [1.29, 1.82) is 0 Å². The van der Waals surface area contributed by atoms with Gasteiger partial charge in [0.1, 0.15) is 5.75 Å². The molecule has 146 valence electrons. The van der Waals surface area contributed by atoms with Crippen molar-refractivity contribution < 1.29 is 23.0 Å². The van der Waals surface area contributed by atoms with Crippen molar-refractivity contribution in [3.63, 3.8) is 0 Å². The summed E-state index contributed by atoms with van der Waals surface area (Å²) < 4.78 is 35.3. The first kappa shape index (κ1) is 19.2. The van der Waals surface area contributed by atoms with E-state index in [1.807, 2.05) is 0 Å². The highest BCUT2D eigenvalue weighted by Crippen LogP contribution is 2.21. The van der Waals surface area contributed by atoms with E-state index in [1.165, 1.54) is 35.0 Å². The maximum atomic E-state index is 12.8. The molecule has 1 aromatic carbocycles. The molecule has 0 N–H and O–H groups in total. The Kier molecular flexibility index (Phi) is 5.48. The van der Waals surface area contributed by atoms with Crippen LogP contribution in [0.5, 0.6) is 11.6 Å². The van der Waals surface area contributed by atoms with Gasteiger partial charge in [0.05, 0.1) is 30.4 Å². The van der Waals surface area contributed by atoms with E-state index >= 15 is 0 Å². The van der Waals surface area contributed by atoms with Crippen LogP contribution in [-0.4, -0.2) is 46.7 Å². The second kappa shape index (κ2) is 7.99. The number of carbonyl (C=O) groups excluding carboxylic acids is 1. The van der Waals surface area contributed by atoms with Crippen molar-refractivity contribution >= 4 is 11.6 Å². The molecule has 0 fully saturated rings. The molecule has 0 saturated carbocycles. The van der Waals surface area contributed by atoms with Gasteiger partial charge >= 0.3 is 6.61 Å². The second-order valence-corrected chi connectivity index (χ2v) is 5.73. The average Bonchev–Trinajstić information content (AvgIpc) is 3.08. The van der Waals surface area contributed by atoms with Crippen LogP contribution >= 0.6 is 0 Å². The fourth-order valence-electron chi connectivity index (χ4n) is 2.51. The standard InChI is InChI=1S/C18H17F2N5O3/c1-11-16(17(26)24(2)13-6-9-15(27-3)21-10-13)22-23-25(11)12-4-7-14(8-5-12)28-18(19)20/h4-10,18H,1-3H3. The van der Waals surface area contributed by atoms with Gasteiger partial charge in [-0.15, -0.1) is 5.10 Å². The lowest BCUT2D eigenvalue weighted by atomic mass is 10.2. The Labute approximate surface area is 159 Å². The lowest BCUT2D eigenvalue weighted by molar-refractivity contribution is -0.0498. The Morgan fingerprint density at radius 2 is 1.89 bits per heavy atom. The van der Waals surface area contributed by atoms with Gasteiger partial charge in [0.2, 0.25) is 5.88 Å². The molecule has 10 heteroatoms. The van der Waals surface area contributed by atoms with Crippen LogP contribution < -0.4 is 14.4 Å². The summed E-state index contributed by atoms with van der Waals surface area (Å²) in [5.74, 6) is 0.0962. The average molecular weight is 389 g/mol.